The predicted molar refractivity (Wildman–Crippen MR) is 40.2 cm³/mol. The zero-order chi connectivity index (χ0) is 8.10. The molecule has 0 bridgehead atoms. The number of hydrogen-bond acceptors (Lipinski definition) is 4. The third-order valence-corrected chi connectivity index (χ3v) is 1.17. The van der Waals surface area contributed by atoms with Gasteiger partial charge >= 0.3 is 0 Å². The number of nitrogens with zero attached hydrogens (tertiary/aromatic N) is 2. The third-order valence-electron chi connectivity index (χ3n) is 1.17. The highest BCUT2D eigenvalue weighted by atomic mass is 16.5. The fourth-order valence-electron chi connectivity index (χ4n) is 0.683. The summed E-state index contributed by atoms with van der Waals surface area (Å²) in [6.45, 7) is 0. The van der Waals surface area contributed by atoms with E-state index in [0.717, 1.165) is 5.56 Å². The molecule has 0 amide bonds. The van der Waals surface area contributed by atoms with Crippen LogP contribution in [-0.4, -0.2) is 23.5 Å². The van der Waals surface area contributed by atoms with E-state index in [-0.39, 0.29) is 0 Å². The molecule has 11 heavy (non-hydrogen) atoms. The standard InChI is InChI=1S/C7H8N2O2/c1-11-7-4-6(5-9-10)2-3-8-7/h2-5,10H,1H3. The summed E-state index contributed by atoms with van der Waals surface area (Å²) in [5, 5.41) is 11.1. The lowest BCUT2D eigenvalue weighted by molar-refractivity contribution is 0.322. The van der Waals surface area contributed by atoms with E-state index < -0.39 is 0 Å². The van der Waals surface area contributed by atoms with Crippen LogP contribution in [0.15, 0.2) is 23.5 Å². The molecule has 1 aromatic rings. The zero-order valence-corrected chi connectivity index (χ0v) is 6.06. The first kappa shape index (κ1) is 7.53. The molecule has 0 spiro atoms. The smallest absolute Gasteiger partial charge is 0.213 e. The van der Waals surface area contributed by atoms with Gasteiger partial charge in [-0.1, -0.05) is 5.16 Å². The molecule has 0 saturated heterocycles. The van der Waals surface area contributed by atoms with Crippen LogP contribution in [0, 0.1) is 0 Å². The molecule has 0 fully saturated rings. The van der Waals surface area contributed by atoms with Crippen LogP contribution >= 0.6 is 0 Å². The first-order valence-corrected chi connectivity index (χ1v) is 3.04. The van der Waals surface area contributed by atoms with E-state index in [2.05, 4.69) is 10.1 Å². The molecular formula is C7H8N2O2. The Morgan fingerprint density at radius 1 is 1.73 bits per heavy atom. The maximum atomic E-state index is 8.19. The number of oxime groups is 1. The molecule has 58 valence electrons. The van der Waals surface area contributed by atoms with E-state index >= 15 is 0 Å². The molecule has 0 aromatic carbocycles. The Kier molecular flexibility index (Phi) is 2.43. The minimum absolute atomic E-state index is 0.502. The van der Waals surface area contributed by atoms with E-state index in [4.69, 9.17) is 9.94 Å². The van der Waals surface area contributed by atoms with Crippen LogP contribution in [-0.2, 0) is 0 Å². The molecule has 0 aliphatic carbocycles. The van der Waals surface area contributed by atoms with Gasteiger partial charge in [0.2, 0.25) is 5.88 Å². The minimum atomic E-state index is 0.502. The highest BCUT2D eigenvalue weighted by Crippen LogP contribution is 2.05. The molecule has 1 N–H and O–H groups in total. The summed E-state index contributed by atoms with van der Waals surface area (Å²) >= 11 is 0. The molecule has 1 aromatic heterocycles. The molecule has 0 atom stereocenters. The highest BCUT2D eigenvalue weighted by Gasteiger charge is 1.92. The van der Waals surface area contributed by atoms with Crippen molar-refractivity contribution in [2.75, 3.05) is 7.11 Å². The summed E-state index contributed by atoms with van der Waals surface area (Å²) in [6, 6.07) is 3.38. The van der Waals surface area contributed by atoms with Crippen molar-refractivity contribution in [3.8, 4) is 5.88 Å². The van der Waals surface area contributed by atoms with Gasteiger partial charge in [-0.15, -0.1) is 0 Å². The van der Waals surface area contributed by atoms with Gasteiger partial charge in [-0.2, -0.15) is 0 Å². The summed E-state index contributed by atoms with van der Waals surface area (Å²) in [5.74, 6) is 0.502. The van der Waals surface area contributed by atoms with Gasteiger partial charge in [-0.05, 0) is 6.07 Å². The third kappa shape index (κ3) is 1.93. The Bertz CT molecular complexity index is 260. The molecular weight excluding hydrogens is 144 g/mol. The SMILES string of the molecule is COc1cc(C=NO)ccn1. The van der Waals surface area contributed by atoms with Crippen molar-refractivity contribution in [2.24, 2.45) is 5.16 Å². The van der Waals surface area contributed by atoms with Gasteiger partial charge in [-0.3, -0.25) is 0 Å². The van der Waals surface area contributed by atoms with Crippen molar-refractivity contribution in [1.82, 2.24) is 4.98 Å². The monoisotopic (exact) mass is 152 g/mol. The van der Waals surface area contributed by atoms with Crippen LogP contribution in [0.2, 0.25) is 0 Å². The molecule has 0 aliphatic heterocycles. The first-order valence-electron chi connectivity index (χ1n) is 3.04. The van der Waals surface area contributed by atoms with Crippen LogP contribution in [0.3, 0.4) is 0 Å². The van der Waals surface area contributed by atoms with E-state index in [1.165, 1.54) is 13.3 Å². The van der Waals surface area contributed by atoms with Crippen molar-refractivity contribution >= 4 is 6.21 Å². The number of ether oxygens (including phenoxy) is 1. The Balaban J connectivity index is 2.91. The van der Waals surface area contributed by atoms with Gasteiger partial charge in [0.15, 0.2) is 0 Å². The molecule has 0 aliphatic rings. The van der Waals surface area contributed by atoms with Gasteiger partial charge in [0, 0.05) is 17.8 Å². The maximum absolute atomic E-state index is 8.19. The molecule has 4 nitrogen and oxygen atoms in total. The van der Waals surface area contributed by atoms with E-state index in [1.807, 2.05) is 0 Å². The largest absolute Gasteiger partial charge is 0.481 e. The van der Waals surface area contributed by atoms with Crippen LogP contribution < -0.4 is 4.74 Å². The van der Waals surface area contributed by atoms with Gasteiger partial charge < -0.3 is 9.94 Å². The van der Waals surface area contributed by atoms with Gasteiger partial charge in [0.25, 0.3) is 0 Å². The van der Waals surface area contributed by atoms with Crippen LogP contribution in [0.1, 0.15) is 5.56 Å². The summed E-state index contributed by atoms with van der Waals surface area (Å²) < 4.78 is 4.85. The fraction of sp³-hybridized carbons (Fsp3) is 0.143. The van der Waals surface area contributed by atoms with Crippen LogP contribution in [0.4, 0.5) is 0 Å². The fourth-order valence-corrected chi connectivity index (χ4v) is 0.683. The quantitative estimate of drug-likeness (QED) is 0.389. The maximum Gasteiger partial charge on any atom is 0.213 e. The van der Waals surface area contributed by atoms with Crippen molar-refractivity contribution in [3.63, 3.8) is 0 Å². The van der Waals surface area contributed by atoms with Gasteiger partial charge in [-0.25, -0.2) is 4.98 Å². The molecule has 4 heteroatoms. The van der Waals surface area contributed by atoms with Gasteiger partial charge in [0.1, 0.15) is 0 Å². The molecule has 0 saturated carbocycles. The zero-order valence-electron chi connectivity index (χ0n) is 6.06. The molecule has 0 radical (unpaired) electrons. The van der Waals surface area contributed by atoms with Crippen molar-refractivity contribution in [3.05, 3.63) is 23.9 Å². The Hall–Kier alpha value is -1.58. The second kappa shape index (κ2) is 3.55. The topological polar surface area (TPSA) is 54.7 Å². The van der Waals surface area contributed by atoms with Crippen LogP contribution in [0.25, 0.3) is 0 Å². The normalized spacial score (nSPS) is 10.3. The average molecular weight is 152 g/mol. The van der Waals surface area contributed by atoms with Gasteiger partial charge in [0.05, 0.1) is 13.3 Å². The lowest BCUT2D eigenvalue weighted by Gasteiger charge is -1.96. The number of pyridine rings is 1. The van der Waals surface area contributed by atoms with Crippen molar-refractivity contribution in [1.29, 1.82) is 0 Å². The Morgan fingerprint density at radius 3 is 3.18 bits per heavy atom. The van der Waals surface area contributed by atoms with Crippen molar-refractivity contribution in [2.45, 2.75) is 0 Å². The summed E-state index contributed by atoms with van der Waals surface area (Å²) in [5.41, 5.74) is 0.749. The summed E-state index contributed by atoms with van der Waals surface area (Å²) in [6.07, 6.45) is 2.89. The molecule has 0 unspecified atom stereocenters. The molecule has 1 rings (SSSR count). The lowest BCUT2D eigenvalue weighted by atomic mass is 10.3. The number of hydrogen-bond donors (Lipinski definition) is 1. The molecule has 1 heterocycles. The van der Waals surface area contributed by atoms with E-state index in [9.17, 15) is 0 Å². The van der Waals surface area contributed by atoms with E-state index in [1.54, 1.807) is 18.3 Å². The van der Waals surface area contributed by atoms with Crippen LogP contribution in [0.5, 0.6) is 5.88 Å². The predicted octanol–water partition coefficient (Wildman–Crippen LogP) is 0.898. The first-order chi connectivity index (χ1) is 5.36. The Labute approximate surface area is 64.1 Å². The number of aromatic nitrogens is 1. The average Bonchev–Trinajstić information content (AvgIpc) is 2.06. The Morgan fingerprint density at radius 2 is 2.55 bits per heavy atom. The summed E-state index contributed by atoms with van der Waals surface area (Å²) in [4.78, 5) is 3.87. The number of methoxy groups -OCH3 is 1. The second-order valence-corrected chi connectivity index (χ2v) is 1.88. The minimum Gasteiger partial charge on any atom is -0.481 e. The van der Waals surface area contributed by atoms with Crippen molar-refractivity contribution < 1.29 is 9.94 Å². The summed E-state index contributed by atoms with van der Waals surface area (Å²) in [7, 11) is 1.53. The highest BCUT2D eigenvalue weighted by molar-refractivity contribution is 5.79. The van der Waals surface area contributed by atoms with E-state index in [0.29, 0.717) is 5.88 Å². The second-order valence-electron chi connectivity index (χ2n) is 1.88. The lowest BCUT2D eigenvalue weighted by Crippen LogP contribution is -1.88. The number of rotatable bonds is 2.